The Labute approximate surface area is 187 Å². The van der Waals surface area contributed by atoms with E-state index in [1.165, 1.54) is 16.7 Å². The van der Waals surface area contributed by atoms with E-state index in [0.29, 0.717) is 24.8 Å². The summed E-state index contributed by atoms with van der Waals surface area (Å²) in [5, 5.41) is 12.5. The lowest BCUT2D eigenvalue weighted by molar-refractivity contribution is -0.131. The molecule has 0 bridgehead atoms. The molecule has 2 aromatic rings. The first kappa shape index (κ1) is 23.2. The second-order valence-electron chi connectivity index (χ2n) is 8.56. The Balaban J connectivity index is 1.55. The van der Waals surface area contributed by atoms with Gasteiger partial charge in [-0.3, -0.25) is 4.79 Å². The molecule has 0 unspecified atom stereocenters. The van der Waals surface area contributed by atoms with E-state index in [4.69, 9.17) is 0 Å². The molecule has 3 rings (SSSR count). The normalized spacial score (nSPS) is 18.9. The number of hydrogen-bond donors (Lipinski definition) is 2. The van der Waals surface area contributed by atoms with Crippen molar-refractivity contribution in [3.8, 4) is 0 Å². The van der Waals surface area contributed by atoms with Crippen LogP contribution in [0.25, 0.3) is 6.08 Å². The Morgan fingerprint density at radius 2 is 1.87 bits per heavy atom. The average molecular weight is 421 g/mol. The van der Waals surface area contributed by atoms with Crippen molar-refractivity contribution < 1.29 is 9.90 Å². The molecule has 4 heteroatoms. The Morgan fingerprint density at radius 1 is 1.13 bits per heavy atom. The van der Waals surface area contributed by atoms with Crippen LogP contribution in [0.3, 0.4) is 0 Å². The van der Waals surface area contributed by atoms with Crippen molar-refractivity contribution in [2.24, 2.45) is 0 Å². The molecule has 0 heterocycles. The molecule has 0 atom stereocenters. The highest BCUT2D eigenvalue weighted by Gasteiger charge is 2.27. The zero-order valence-electron chi connectivity index (χ0n) is 18.9. The van der Waals surface area contributed by atoms with Crippen LogP contribution in [0.4, 0.5) is 0 Å². The zero-order valence-corrected chi connectivity index (χ0v) is 18.9. The molecule has 31 heavy (non-hydrogen) atoms. The minimum absolute atomic E-state index is 0.185. The van der Waals surface area contributed by atoms with Crippen LogP contribution in [0.2, 0.25) is 0 Å². The number of benzene rings is 2. The third-order valence-electron chi connectivity index (χ3n) is 6.46. The van der Waals surface area contributed by atoms with Gasteiger partial charge < -0.3 is 15.3 Å². The maximum atomic E-state index is 12.7. The van der Waals surface area contributed by atoms with Gasteiger partial charge >= 0.3 is 0 Å². The molecular weight excluding hydrogens is 384 g/mol. The lowest BCUT2D eigenvalue weighted by atomic mass is 9.79. The molecule has 1 aliphatic rings. The molecule has 2 aromatic carbocycles. The topological polar surface area (TPSA) is 52.6 Å². The van der Waals surface area contributed by atoms with Gasteiger partial charge in [-0.1, -0.05) is 60.7 Å². The number of hydrogen-bond acceptors (Lipinski definition) is 3. The Bertz CT molecular complexity index is 855. The van der Waals surface area contributed by atoms with Crippen molar-refractivity contribution in [3.05, 3.63) is 76.9 Å². The summed E-state index contributed by atoms with van der Waals surface area (Å²) in [6, 6.07) is 17.1. The molecule has 166 valence electrons. The van der Waals surface area contributed by atoms with Crippen molar-refractivity contribution in [2.45, 2.75) is 57.0 Å². The summed E-state index contributed by atoms with van der Waals surface area (Å²) in [6.45, 7) is 1.03. The van der Waals surface area contributed by atoms with E-state index < -0.39 is 0 Å². The predicted molar refractivity (Wildman–Crippen MR) is 128 cm³/mol. The molecular formula is C27H36N2O2. The highest BCUT2D eigenvalue weighted by molar-refractivity contribution is 5.78. The number of nitrogens with zero attached hydrogens (tertiary/aromatic N) is 1. The van der Waals surface area contributed by atoms with Crippen LogP contribution in [0.5, 0.6) is 0 Å². The van der Waals surface area contributed by atoms with Gasteiger partial charge in [0, 0.05) is 32.7 Å². The van der Waals surface area contributed by atoms with Crippen LogP contribution in [-0.2, 0) is 17.8 Å². The highest BCUT2D eigenvalue weighted by atomic mass is 16.3. The number of carbonyl (C=O) groups excluding carboxylic acids is 1. The van der Waals surface area contributed by atoms with Crippen molar-refractivity contribution in [3.63, 3.8) is 0 Å². The van der Waals surface area contributed by atoms with Gasteiger partial charge in [0.1, 0.15) is 0 Å². The fourth-order valence-electron chi connectivity index (χ4n) is 4.67. The third-order valence-corrected chi connectivity index (χ3v) is 6.46. The quantitative estimate of drug-likeness (QED) is 0.627. The van der Waals surface area contributed by atoms with Gasteiger partial charge in [0.2, 0.25) is 5.91 Å². The molecule has 0 radical (unpaired) electrons. The van der Waals surface area contributed by atoms with E-state index in [2.05, 4.69) is 23.5 Å². The van der Waals surface area contributed by atoms with E-state index in [1.54, 1.807) is 0 Å². The highest BCUT2D eigenvalue weighted by Crippen LogP contribution is 2.36. The molecule has 2 N–H and O–H groups in total. The van der Waals surface area contributed by atoms with Crippen LogP contribution in [0, 0.1) is 0 Å². The molecule has 1 aliphatic carbocycles. The molecule has 4 nitrogen and oxygen atoms in total. The summed E-state index contributed by atoms with van der Waals surface area (Å²) in [4.78, 5) is 14.6. The predicted octanol–water partition coefficient (Wildman–Crippen LogP) is 4.53. The largest absolute Gasteiger partial charge is 0.396 e. The summed E-state index contributed by atoms with van der Waals surface area (Å²) >= 11 is 0. The smallest absolute Gasteiger partial charge is 0.226 e. The van der Waals surface area contributed by atoms with Gasteiger partial charge in [-0.2, -0.15) is 0 Å². The summed E-state index contributed by atoms with van der Waals surface area (Å²) in [5.41, 5.74) is 5.08. The SMILES string of the molecule is CNCc1cc(CCO)ccc1C1CCC(N(C)C(=O)CC=Cc2ccccc2)CC1. The van der Waals surface area contributed by atoms with Gasteiger partial charge in [-0.25, -0.2) is 0 Å². The third kappa shape index (κ3) is 6.52. The first-order valence-electron chi connectivity index (χ1n) is 11.5. The summed E-state index contributed by atoms with van der Waals surface area (Å²) < 4.78 is 0. The van der Waals surface area contributed by atoms with E-state index >= 15 is 0 Å². The van der Waals surface area contributed by atoms with Gasteiger partial charge in [-0.15, -0.1) is 0 Å². The Hall–Kier alpha value is -2.43. The standard InChI is InChI=1S/C27H36N2O2/c1-28-20-24-19-22(17-18-30)11-16-26(24)23-12-14-25(15-13-23)29(2)27(31)10-6-9-21-7-4-3-5-8-21/h3-9,11,16,19,23,25,28,30H,10,12-15,17-18,20H2,1-2H3. The lowest BCUT2D eigenvalue weighted by Gasteiger charge is -2.35. The monoisotopic (exact) mass is 420 g/mol. The van der Waals surface area contributed by atoms with E-state index in [9.17, 15) is 9.90 Å². The van der Waals surface area contributed by atoms with Crippen LogP contribution >= 0.6 is 0 Å². The number of amides is 1. The molecule has 1 amide bonds. The van der Waals surface area contributed by atoms with Crippen molar-refractivity contribution in [1.82, 2.24) is 10.2 Å². The van der Waals surface area contributed by atoms with Crippen LogP contribution in [0.1, 0.15) is 60.3 Å². The first-order chi connectivity index (χ1) is 15.1. The Morgan fingerprint density at radius 3 is 2.55 bits per heavy atom. The van der Waals surface area contributed by atoms with Crippen molar-refractivity contribution in [1.29, 1.82) is 0 Å². The van der Waals surface area contributed by atoms with E-state index in [-0.39, 0.29) is 12.5 Å². The fourth-order valence-corrected chi connectivity index (χ4v) is 4.67. The van der Waals surface area contributed by atoms with Crippen molar-refractivity contribution in [2.75, 3.05) is 20.7 Å². The number of aliphatic hydroxyl groups is 1. The second kappa shape index (κ2) is 11.8. The average Bonchev–Trinajstić information content (AvgIpc) is 2.80. The van der Waals surface area contributed by atoms with Crippen LogP contribution in [-0.4, -0.2) is 42.7 Å². The number of rotatable bonds is 9. The van der Waals surface area contributed by atoms with Crippen molar-refractivity contribution >= 4 is 12.0 Å². The maximum Gasteiger partial charge on any atom is 0.226 e. The lowest BCUT2D eigenvalue weighted by Crippen LogP contribution is -2.39. The van der Waals surface area contributed by atoms with Gasteiger partial charge in [0.15, 0.2) is 0 Å². The van der Waals surface area contributed by atoms with Gasteiger partial charge in [-0.05, 0) is 67.3 Å². The number of carbonyl (C=O) groups is 1. The molecule has 0 aromatic heterocycles. The van der Waals surface area contributed by atoms with E-state index in [1.807, 2.05) is 61.5 Å². The molecule has 1 saturated carbocycles. The van der Waals surface area contributed by atoms with Crippen LogP contribution < -0.4 is 5.32 Å². The Kier molecular flexibility index (Phi) is 8.86. The summed E-state index contributed by atoms with van der Waals surface area (Å²) in [7, 11) is 3.94. The fraction of sp³-hybridized carbons (Fsp3) is 0.444. The molecule has 0 aliphatic heterocycles. The maximum absolute atomic E-state index is 12.7. The summed E-state index contributed by atoms with van der Waals surface area (Å²) in [6.07, 6.45) is 9.46. The molecule has 0 saturated heterocycles. The van der Waals surface area contributed by atoms with Gasteiger partial charge in [0.25, 0.3) is 0 Å². The van der Waals surface area contributed by atoms with Gasteiger partial charge in [0.05, 0.1) is 0 Å². The first-order valence-corrected chi connectivity index (χ1v) is 11.5. The minimum atomic E-state index is 0.185. The van der Waals surface area contributed by atoms with Crippen LogP contribution in [0.15, 0.2) is 54.6 Å². The number of nitrogens with one attached hydrogen (secondary N) is 1. The number of aliphatic hydroxyl groups excluding tert-OH is 1. The second-order valence-corrected chi connectivity index (χ2v) is 8.56. The zero-order chi connectivity index (χ0) is 22.1. The molecule has 1 fully saturated rings. The minimum Gasteiger partial charge on any atom is -0.396 e. The molecule has 0 spiro atoms. The van der Waals surface area contributed by atoms with E-state index in [0.717, 1.165) is 37.8 Å². The summed E-state index contributed by atoms with van der Waals surface area (Å²) in [5.74, 6) is 0.740.